The zero-order chi connectivity index (χ0) is 12.3. The molecule has 0 aliphatic carbocycles. The fraction of sp³-hybridized carbons (Fsp3) is 0.500. The Morgan fingerprint density at radius 2 is 2.06 bits per heavy atom. The highest BCUT2D eigenvalue weighted by molar-refractivity contribution is 6.30. The Morgan fingerprint density at radius 3 is 2.56 bits per heavy atom. The minimum absolute atomic E-state index is 0.0521. The zero-order valence-corrected chi connectivity index (χ0v) is 10.6. The number of benzene rings is 1. The second kappa shape index (κ2) is 5.62. The van der Waals surface area contributed by atoms with Crippen molar-refractivity contribution in [3.8, 4) is 0 Å². The van der Waals surface area contributed by atoms with Gasteiger partial charge in [0.15, 0.2) is 0 Å². The molecule has 0 amide bonds. The van der Waals surface area contributed by atoms with E-state index in [4.69, 9.17) is 17.3 Å². The van der Waals surface area contributed by atoms with Crippen LogP contribution in [0.1, 0.15) is 18.5 Å². The van der Waals surface area contributed by atoms with Crippen molar-refractivity contribution in [2.45, 2.75) is 13.0 Å². The van der Waals surface area contributed by atoms with Gasteiger partial charge in [0.05, 0.1) is 0 Å². The van der Waals surface area contributed by atoms with Crippen LogP contribution in [-0.2, 0) is 0 Å². The van der Waals surface area contributed by atoms with Gasteiger partial charge >= 0.3 is 0 Å². The monoisotopic (exact) mass is 244 g/mol. The summed E-state index contributed by atoms with van der Waals surface area (Å²) in [6.45, 7) is 2.51. The van der Waals surface area contributed by atoms with Gasteiger partial charge < -0.3 is 10.6 Å². The number of nitrogens with two attached hydrogens (primary N) is 1. The Hall–Kier alpha value is -0.640. The van der Waals surface area contributed by atoms with E-state index in [0.717, 1.165) is 0 Å². The largest absolute Gasteiger partial charge is 0.330 e. The first-order chi connectivity index (χ1) is 7.47. The summed E-state index contributed by atoms with van der Waals surface area (Å²) in [4.78, 5) is 1.96. The average Bonchev–Trinajstić information content (AvgIpc) is 2.22. The lowest BCUT2D eigenvalue weighted by molar-refractivity contribution is 0.222. The highest BCUT2D eigenvalue weighted by atomic mass is 35.5. The van der Waals surface area contributed by atoms with E-state index >= 15 is 0 Å². The van der Waals surface area contributed by atoms with Gasteiger partial charge in [0, 0.05) is 16.6 Å². The van der Waals surface area contributed by atoms with E-state index in [0.29, 0.717) is 17.1 Å². The van der Waals surface area contributed by atoms with Gasteiger partial charge in [-0.05, 0) is 44.8 Å². The summed E-state index contributed by atoms with van der Waals surface area (Å²) in [5.41, 5.74) is 6.26. The average molecular weight is 245 g/mol. The van der Waals surface area contributed by atoms with Crippen molar-refractivity contribution in [2.24, 2.45) is 11.7 Å². The van der Waals surface area contributed by atoms with Gasteiger partial charge in [0.2, 0.25) is 0 Å². The third kappa shape index (κ3) is 2.94. The summed E-state index contributed by atoms with van der Waals surface area (Å²) >= 11 is 5.90. The molecule has 1 aromatic carbocycles. The minimum Gasteiger partial charge on any atom is -0.330 e. The molecule has 0 radical (unpaired) electrons. The van der Waals surface area contributed by atoms with Crippen molar-refractivity contribution in [3.63, 3.8) is 0 Å². The molecule has 0 aromatic heterocycles. The lowest BCUT2D eigenvalue weighted by Crippen LogP contribution is -2.31. The lowest BCUT2D eigenvalue weighted by Gasteiger charge is -2.30. The molecule has 2 N–H and O–H groups in total. The fourth-order valence-electron chi connectivity index (χ4n) is 1.96. The van der Waals surface area contributed by atoms with Gasteiger partial charge in [-0.2, -0.15) is 0 Å². The Morgan fingerprint density at radius 1 is 1.44 bits per heavy atom. The molecular formula is C12H18ClFN2. The number of hydrogen-bond donors (Lipinski definition) is 1. The standard InChI is InChI=1S/C12H18ClFN2/c1-8(7-15)12(16(2)3)10-6-9(13)4-5-11(10)14/h4-6,8,12H,7,15H2,1-3H3. The molecule has 16 heavy (non-hydrogen) atoms. The van der Waals surface area contributed by atoms with Crippen LogP contribution >= 0.6 is 11.6 Å². The summed E-state index contributed by atoms with van der Waals surface area (Å²) < 4.78 is 13.8. The van der Waals surface area contributed by atoms with Crippen molar-refractivity contribution in [1.82, 2.24) is 4.90 Å². The van der Waals surface area contributed by atoms with E-state index in [9.17, 15) is 4.39 Å². The zero-order valence-electron chi connectivity index (χ0n) is 9.87. The Balaban J connectivity index is 3.15. The topological polar surface area (TPSA) is 29.3 Å². The van der Waals surface area contributed by atoms with Crippen molar-refractivity contribution in [1.29, 1.82) is 0 Å². The van der Waals surface area contributed by atoms with E-state index < -0.39 is 0 Å². The summed E-state index contributed by atoms with van der Waals surface area (Å²) in [6.07, 6.45) is 0. The second-order valence-corrected chi connectivity index (χ2v) is 4.72. The van der Waals surface area contributed by atoms with Crippen LogP contribution in [0.2, 0.25) is 5.02 Å². The van der Waals surface area contributed by atoms with Crippen LogP contribution in [0.3, 0.4) is 0 Å². The maximum atomic E-state index is 13.8. The number of rotatable bonds is 4. The highest BCUT2D eigenvalue weighted by Gasteiger charge is 2.23. The first-order valence-electron chi connectivity index (χ1n) is 5.28. The highest BCUT2D eigenvalue weighted by Crippen LogP contribution is 2.30. The minimum atomic E-state index is -0.233. The van der Waals surface area contributed by atoms with Crippen LogP contribution in [0.5, 0.6) is 0 Å². The van der Waals surface area contributed by atoms with Crippen LogP contribution in [0.15, 0.2) is 18.2 Å². The molecule has 0 saturated heterocycles. The summed E-state index contributed by atoms with van der Waals surface area (Å²) in [7, 11) is 3.83. The predicted octanol–water partition coefficient (Wildman–Crippen LogP) is 2.68. The summed E-state index contributed by atoms with van der Waals surface area (Å²) in [5.74, 6) is -0.0635. The Labute approximate surface area is 101 Å². The van der Waals surface area contributed by atoms with Gasteiger partial charge in [-0.15, -0.1) is 0 Å². The van der Waals surface area contributed by atoms with E-state index in [1.807, 2.05) is 25.9 Å². The van der Waals surface area contributed by atoms with Gasteiger partial charge in [0.25, 0.3) is 0 Å². The van der Waals surface area contributed by atoms with Crippen molar-refractivity contribution in [2.75, 3.05) is 20.6 Å². The third-order valence-corrected chi connectivity index (χ3v) is 2.98. The normalized spacial score (nSPS) is 15.2. The molecule has 1 rings (SSSR count). The van der Waals surface area contributed by atoms with Crippen LogP contribution in [-0.4, -0.2) is 25.5 Å². The van der Waals surface area contributed by atoms with E-state index in [1.54, 1.807) is 12.1 Å². The third-order valence-electron chi connectivity index (χ3n) is 2.74. The maximum Gasteiger partial charge on any atom is 0.128 e. The van der Waals surface area contributed by atoms with Crippen molar-refractivity contribution >= 4 is 11.6 Å². The molecule has 90 valence electrons. The Bertz CT molecular complexity index is 355. The number of nitrogens with zero attached hydrogens (tertiary/aromatic N) is 1. The molecule has 0 saturated carbocycles. The molecule has 0 heterocycles. The van der Waals surface area contributed by atoms with Crippen LogP contribution in [0.25, 0.3) is 0 Å². The number of hydrogen-bond acceptors (Lipinski definition) is 2. The van der Waals surface area contributed by atoms with E-state index in [1.165, 1.54) is 6.07 Å². The molecule has 0 aliphatic heterocycles. The molecule has 0 bridgehead atoms. The molecule has 2 nitrogen and oxygen atoms in total. The first kappa shape index (κ1) is 13.4. The molecule has 2 atom stereocenters. The molecule has 0 spiro atoms. The quantitative estimate of drug-likeness (QED) is 0.883. The maximum absolute atomic E-state index is 13.8. The Kier molecular flexibility index (Phi) is 4.71. The lowest BCUT2D eigenvalue weighted by atomic mass is 9.93. The fourth-order valence-corrected chi connectivity index (χ4v) is 2.14. The van der Waals surface area contributed by atoms with Crippen molar-refractivity contribution in [3.05, 3.63) is 34.6 Å². The van der Waals surface area contributed by atoms with Gasteiger partial charge in [-0.3, -0.25) is 0 Å². The molecule has 4 heteroatoms. The van der Waals surface area contributed by atoms with Gasteiger partial charge in [-0.25, -0.2) is 4.39 Å². The van der Waals surface area contributed by atoms with Crippen LogP contribution < -0.4 is 5.73 Å². The van der Waals surface area contributed by atoms with E-state index in [-0.39, 0.29) is 17.8 Å². The number of halogens is 2. The van der Waals surface area contributed by atoms with E-state index in [2.05, 4.69) is 0 Å². The molecule has 1 aromatic rings. The summed E-state index contributed by atoms with van der Waals surface area (Å²) in [5, 5.41) is 0.549. The SMILES string of the molecule is CC(CN)C(c1cc(Cl)ccc1F)N(C)C. The van der Waals surface area contributed by atoms with Gasteiger partial charge in [0.1, 0.15) is 5.82 Å². The first-order valence-corrected chi connectivity index (χ1v) is 5.66. The predicted molar refractivity (Wildman–Crippen MR) is 66.1 cm³/mol. The van der Waals surface area contributed by atoms with Crippen LogP contribution in [0, 0.1) is 11.7 Å². The molecule has 0 fully saturated rings. The second-order valence-electron chi connectivity index (χ2n) is 4.29. The smallest absolute Gasteiger partial charge is 0.128 e. The van der Waals surface area contributed by atoms with Crippen molar-refractivity contribution < 1.29 is 4.39 Å². The molecule has 2 unspecified atom stereocenters. The van der Waals surface area contributed by atoms with Gasteiger partial charge in [-0.1, -0.05) is 18.5 Å². The molecular weight excluding hydrogens is 227 g/mol. The summed E-state index contributed by atoms with van der Waals surface area (Å²) in [6, 6.07) is 4.58. The van der Waals surface area contributed by atoms with Crippen LogP contribution in [0.4, 0.5) is 4.39 Å². The molecule has 0 aliphatic rings.